The van der Waals surface area contributed by atoms with Crippen molar-refractivity contribution in [3.8, 4) is 5.69 Å². The minimum absolute atomic E-state index is 0.153. The number of hydrogen-bond donors (Lipinski definition) is 1. The monoisotopic (exact) mass is 479 g/mol. The van der Waals surface area contributed by atoms with Crippen LogP contribution in [0.15, 0.2) is 53.0 Å². The fourth-order valence-corrected chi connectivity index (χ4v) is 4.23. The number of benzene rings is 2. The third-order valence-electron chi connectivity index (χ3n) is 5.70. The molecular formula is C23H22BrN5O2. The molecule has 0 atom stereocenters. The van der Waals surface area contributed by atoms with Gasteiger partial charge in [0.15, 0.2) is 5.69 Å². The largest absolute Gasteiger partial charge is 0.347 e. The fraction of sp³-hybridized carbons (Fsp3) is 0.304. The van der Waals surface area contributed by atoms with Gasteiger partial charge < -0.3 is 10.2 Å². The third-order valence-corrected chi connectivity index (χ3v) is 6.23. The predicted molar refractivity (Wildman–Crippen MR) is 120 cm³/mol. The van der Waals surface area contributed by atoms with E-state index in [9.17, 15) is 9.59 Å². The number of hydrogen-bond acceptors (Lipinski definition) is 4. The van der Waals surface area contributed by atoms with E-state index in [0.717, 1.165) is 52.9 Å². The number of halogens is 1. The zero-order valence-corrected chi connectivity index (χ0v) is 18.5. The summed E-state index contributed by atoms with van der Waals surface area (Å²) in [5, 5.41) is 11.5. The molecule has 5 rings (SSSR count). The van der Waals surface area contributed by atoms with Gasteiger partial charge in [0.1, 0.15) is 0 Å². The van der Waals surface area contributed by atoms with Crippen molar-refractivity contribution in [2.75, 3.05) is 11.4 Å². The first kappa shape index (κ1) is 19.9. The molecule has 2 heterocycles. The lowest BCUT2D eigenvalue weighted by molar-refractivity contribution is -0.117. The number of amides is 2. The Morgan fingerprint density at radius 2 is 1.94 bits per heavy atom. The molecule has 0 radical (unpaired) electrons. The molecule has 1 saturated carbocycles. The normalized spacial score (nSPS) is 16.0. The van der Waals surface area contributed by atoms with E-state index in [1.54, 1.807) is 9.58 Å². The summed E-state index contributed by atoms with van der Waals surface area (Å²) in [5.74, 6) is 0.233. The molecular weight excluding hydrogens is 458 g/mol. The van der Waals surface area contributed by atoms with Crippen LogP contribution in [0.1, 0.15) is 53.3 Å². The van der Waals surface area contributed by atoms with Gasteiger partial charge in [0, 0.05) is 35.6 Å². The highest BCUT2D eigenvalue weighted by molar-refractivity contribution is 9.10. The number of nitrogens with one attached hydrogen (secondary N) is 1. The van der Waals surface area contributed by atoms with Crippen LogP contribution in [-0.4, -0.2) is 33.4 Å². The van der Waals surface area contributed by atoms with Crippen LogP contribution in [0.25, 0.3) is 5.69 Å². The molecule has 1 aliphatic carbocycles. The van der Waals surface area contributed by atoms with E-state index in [4.69, 9.17) is 0 Å². The molecule has 2 amide bonds. The maximum absolute atomic E-state index is 13.0. The molecule has 0 spiro atoms. The molecule has 3 aromatic rings. The lowest BCUT2D eigenvalue weighted by Crippen LogP contribution is -2.26. The Bertz CT molecular complexity index is 1140. The molecule has 0 bridgehead atoms. The van der Waals surface area contributed by atoms with E-state index >= 15 is 0 Å². The minimum Gasteiger partial charge on any atom is -0.347 e. The summed E-state index contributed by atoms with van der Waals surface area (Å²) in [6, 6.07) is 15.6. The standard InChI is InChI=1S/C23H22BrN5O2/c24-17-8-10-18(11-9-17)29-22(16-6-7-16)21(26-27-29)23(31)25-14-15-3-1-4-19(13-15)28-12-2-5-20(28)30/h1,3-4,8-11,13,16H,2,5-7,12,14H2,(H,25,31). The van der Waals surface area contributed by atoms with Gasteiger partial charge in [-0.2, -0.15) is 0 Å². The van der Waals surface area contributed by atoms with Gasteiger partial charge in [0.05, 0.1) is 11.4 Å². The predicted octanol–water partition coefficient (Wildman–Crippen LogP) is 3.96. The van der Waals surface area contributed by atoms with E-state index < -0.39 is 0 Å². The summed E-state index contributed by atoms with van der Waals surface area (Å²) in [6.45, 7) is 1.11. The maximum Gasteiger partial charge on any atom is 0.274 e. The molecule has 1 aliphatic heterocycles. The molecule has 1 aromatic heterocycles. The van der Waals surface area contributed by atoms with Crippen LogP contribution in [0.4, 0.5) is 5.69 Å². The molecule has 0 unspecified atom stereocenters. The van der Waals surface area contributed by atoms with E-state index in [0.29, 0.717) is 24.6 Å². The van der Waals surface area contributed by atoms with E-state index in [1.165, 1.54) is 0 Å². The van der Waals surface area contributed by atoms with Crippen LogP contribution in [0.5, 0.6) is 0 Å². The van der Waals surface area contributed by atoms with Crippen molar-refractivity contribution in [3.63, 3.8) is 0 Å². The molecule has 158 valence electrons. The zero-order valence-electron chi connectivity index (χ0n) is 16.9. The quantitative estimate of drug-likeness (QED) is 0.579. The Hall–Kier alpha value is -3.00. The van der Waals surface area contributed by atoms with Gasteiger partial charge in [0.2, 0.25) is 5.91 Å². The topological polar surface area (TPSA) is 80.1 Å². The second-order valence-corrected chi connectivity index (χ2v) is 8.90. The summed E-state index contributed by atoms with van der Waals surface area (Å²) >= 11 is 3.45. The number of carbonyl (C=O) groups excluding carboxylic acids is 2. The van der Waals surface area contributed by atoms with Crippen molar-refractivity contribution in [3.05, 3.63) is 70.0 Å². The summed E-state index contributed by atoms with van der Waals surface area (Å²) in [4.78, 5) is 26.8. The molecule has 31 heavy (non-hydrogen) atoms. The van der Waals surface area contributed by atoms with Crippen molar-refractivity contribution in [2.45, 2.75) is 38.1 Å². The van der Waals surface area contributed by atoms with Crippen LogP contribution >= 0.6 is 15.9 Å². The Morgan fingerprint density at radius 1 is 1.13 bits per heavy atom. The van der Waals surface area contributed by atoms with Gasteiger partial charge in [-0.15, -0.1) is 5.10 Å². The van der Waals surface area contributed by atoms with Crippen molar-refractivity contribution in [2.24, 2.45) is 0 Å². The average Bonchev–Trinajstić information content (AvgIpc) is 3.37. The van der Waals surface area contributed by atoms with Gasteiger partial charge in [-0.25, -0.2) is 4.68 Å². The van der Waals surface area contributed by atoms with Gasteiger partial charge >= 0.3 is 0 Å². The lowest BCUT2D eigenvalue weighted by atomic mass is 10.1. The summed E-state index contributed by atoms with van der Waals surface area (Å²) in [7, 11) is 0. The first-order valence-corrected chi connectivity index (χ1v) is 11.3. The van der Waals surface area contributed by atoms with E-state index in [1.807, 2.05) is 48.5 Å². The molecule has 2 aromatic carbocycles. The molecule has 2 aliphatic rings. The second kappa shape index (κ2) is 8.26. The second-order valence-electron chi connectivity index (χ2n) is 7.99. The highest BCUT2D eigenvalue weighted by atomic mass is 79.9. The molecule has 8 heteroatoms. The van der Waals surface area contributed by atoms with Crippen molar-refractivity contribution in [1.82, 2.24) is 20.3 Å². The van der Waals surface area contributed by atoms with Crippen LogP contribution in [-0.2, 0) is 11.3 Å². The Labute approximate surface area is 188 Å². The Kier molecular flexibility index (Phi) is 5.31. The first-order chi connectivity index (χ1) is 15.1. The highest BCUT2D eigenvalue weighted by Gasteiger charge is 2.34. The van der Waals surface area contributed by atoms with Crippen LogP contribution in [0, 0.1) is 0 Å². The first-order valence-electron chi connectivity index (χ1n) is 10.5. The van der Waals surface area contributed by atoms with Crippen molar-refractivity contribution in [1.29, 1.82) is 0 Å². The lowest BCUT2D eigenvalue weighted by Gasteiger charge is -2.16. The number of anilines is 1. The summed E-state index contributed by atoms with van der Waals surface area (Å²) in [6.07, 6.45) is 3.56. The van der Waals surface area contributed by atoms with Crippen molar-refractivity contribution >= 4 is 33.4 Å². The average molecular weight is 480 g/mol. The molecule has 1 saturated heterocycles. The smallest absolute Gasteiger partial charge is 0.274 e. The highest BCUT2D eigenvalue weighted by Crippen LogP contribution is 2.42. The van der Waals surface area contributed by atoms with Gasteiger partial charge in [-0.05, 0) is 61.2 Å². The number of rotatable bonds is 6. The van der Waals surface area contributed by atoms with E-state index in [-0.39, 0.29) is 11.8 Å². The Morgan fingerprint density at radius 3 is 2.65 bits per heavy atom. The zero-order chi connectivity index (χ0) is 21.4. The van der Waals surface area contributed by atoms with Crippen LogP contribution in [0.2, 0.25) is 0 Å². The van der Waals surface area contributed by atoms with Crippen LogP contribution in [0.3, 0.4) is 0 Å². The number of aromatic nitrogens is 3. The van der Waals surface area contributed by atoms with Gasteiger partial charge in [-0.3, -0.25) is 9.59 Å². The summed E-state index contributed by atoms with van der Waals surface area (Å²) < 4.78 is 2.76. The fourth-order valence-electron chi connectivity index (χ4n) is 3.97. The van der Waals surface area contributed by atoms with Gasteiger partial charge in [-0.1, -0.05) is 33.3 Å². The summed E-state index contributed by atoms with van der Waals surface area (Å²) in [5.41, 5.74) is 3.97. The Balaban J connectivity index is 1.33. The number of carbonyl (C=O) groups is 2. The SMILES string of the molecule is O=C(NCc1cccc(N2CCCC2=O)c1)c1nnn(-c2ccc(Br)cc2)c1C1CC1. The van der Waals surface area contributed by atoms with Gasteiger partial charge in [0.25, 0.3) is 5.91 Å². The van der Waals surface area contributed by atoms with Crippen molar-refractivity contribution < 1.29 is 9.59 Å². The molecule has 1 N–H and O–H groups in total. The van der Waals surface area contributed by atoms with Crippen LogP contribution < -0.4 is 10.2 Å². The molecule has 7 nitrogen and oxygen atoms in total. The number of nitrogens with zero attached hydrogens (tertiary/aromatic N) is 4. The maximum atomic E-state index is 13.0. The molecule has 2 fully saturated rings. The van der Waals surface area contributed by atoms with E-state index in [2.05, 4.69) is 31.6 Å². The third kappa shape index (κ3) is 4.12. The minimum atomic E-state index is -0.229.